The number of aliphatic carboxylic acids is 1. The normalized spacial score (nSPS) is 24.1. The predicted molar refractivity (Wildman–Crippen MR) is 76.7 cm³/mol. The van der Waals surface area contributed by atoms with Crippen molar-refractivity contribution in [3.8, 4) is 0 Å². The fourth-order valence-corrected chi connectivity index (χ4v) is 2.79. The molecule has 104 valence electrons. The number of aryl methyl sites for hydroxylation is 2. The van der Waals surface area contributed by atoms with E-state index in [1.807, 2.05) is 6.07 Å². The molecule has 0 aromatic heterocycles. The van der Waals surface area contributed by atoms with Crippen molar-refractivity contribution in [3.05, 3.63) is 29.3 Å². The number of carboxylic acids is 1. The Bertz CT molecular complexity index is 453. The van der Waals surface area contributed by atoms with Gasteiger partial charge in [-0.3, -0.25) is 4.79 Å². The van der Waals surface area contributed by atoms with E-state index in [-0.39, 0.29) is 5.92 Å². The molecule has 2 unspecified atom stereocenters. The molecule has 0 aliphatic carbocycles. The first kappa shape index (κ1) is 13.9. The van der Waals surface area contributed by atoms with Gasteiger partial charge in [-0.05, 0) is 31.9 Å². The van der Waals surface area contributed by atoms with E-state index in [4.69, 9.17) is 0 Å². The first-order valence-electron chi connectivity index (χ1n) is 6.77. The molecule has 2 atom stereocenters. The van der Waals surface area contributed by atoms with Gasteiger partial charge in [0.05, 0.1) is 5.92 Å². The van der Waals surface area contributed by atoms with Gasteiger partial charge < -0.3 is 15.3 Å². The van der Waals surface area contributed by atoms with E-state index in [0.29, 0.717) is 19.1 Å². The van der Waals surface area contributed by atoms with Crippen LogP contribution >= 0.6 is 0 Å². The molecule has 1 aromatic rings. The molecule has 2 N–H and O–H groups in total. The van der Waals surface area contributed by atoms with Crippen LogP contribution in [0.15, 0.2) is 18.2 Å². The summed E-state index contributed by atoms with van der Waals surface area (Å²) >= 11 is 0. The standard InChI is InChI=1S/C15H22N2O2/c1-10-5-4-6-11(2)14(10)17-9-13(15(18)19)8-16-7-12(17)3/h4-6,12-13,16H,7-9H2,1-3H3,(H,18,19). The Morgan fingerprint density at radius 2 is 1.95 bits per heavy atom. The van der Waals surface area contributed by atoms with Gasteiger partial charge in [-0.25, -0.2) is 0 Å². The van der Waals surface area contributed by atoms with Crippen molar-refractivity contribution in [2.24, 2.45) is 5.92 Å². The van der Waals surface area contributed by atoms with Crippen LogP contribution in [0.1, 0.15) is 18.1 Å². The molecule has 0 bridgehead atoms. The van der Waals surface area contributed by atoms with Crippen molar-refractivity contribution >= 4 is 11.7 Å². The summed E-state index contributed by atoms with van der Waals surface area (Å²) < 4.78 is 0. The smallest absolute Gasteiger partial charge is 0.309 e. The Morgan fingerprint density at radius 3 is 2.53 bits per heavy atom. The minimum Gasteiger partial charge on any atom is -0.481 e. The average Bonchev–Trinajstić information content (AvgIpc) is 2.52. The van der Waals surface area contributed by atoms with Crippen molar-refractivity contribution in [3.63, 3.8) is 0 Å². The Balaban J connectivity index is 2.36. The topological polar surface area (TPSA) is 52.6 Å². The van der Waals surface area contributed by atoms with Gasteiger partial charge in [-0.2, -0.15) is 0 Å². The summed E-state index contributed by atoms with van der Waals surface area (Å²) in [5.74, 6) is -1.08. The second-order valence-corrected chi connectivity index (χ2v) is 5.44. The third-order valence-corrected chi connectivity index (χ3v) is 3.86. The summed E-state index contributed by atoms with van der Waals surface area (Å²) in [6.45, 7) is 8.24. The lowest BCUT2D eigenvalue weighted by molar-refractivity contribution is -0.141. The minimum atomic E-state index is -0.724. The lowest BCUT2D eigenvalue weighted by atomic mass is 10.0. The maximum Gasteiger partial charge on any atom is 0.309 e. The van der Waals surface area contributed by atoms with Crippen molar-refractivity contribution in [1.29, 1.82) is 0 Å². The number of carbonyl (C=O) groups is 1. The Hall–Kier alpha value is -1.55. The monoisotopic (exact) mass is 262 g/mol. The zero-order valence-corrected chi connectivity index (χ0v) is 11.8. The van der Waals surface area contributed by atoms with E-state index in [2.05, 4.69) is 43.1 Å². The van der Waals surface area contributed by atoms with Crippen LogP contribution in [-0.2, 0) is 4.79 Å². The highest BCUT2D eigenvalue weighted by atomic mass is 16.4. The molecule has 0 radical (unpaired) electrons. The molecule has 1 aliphatic rings. The fourth-order valence-electron chi connectivity index (χ4n) is 2.79. The zero-order chi connectivity index (χ0) is 14.0. The Kier molecular flexibility index (Phi) is 4.10. The van der Waals surface area contributed by atoms with Crippen molar-refractivity contribution in [1.82, 2.24) is 5.32 Å². The highest BCUT2D eigenvalue weighted by Gasteiger charge is 2.28. The summed E-state index contributed by atoms with van der Waals surface area (Å²) in [5, 5.41) is 12.5. The van der Waals surface area contributed by atoms with Gasteiger partial charge in [0.15, 0.2) is 0 Å². The van der Waals surface area contributed by atoms with Crippen LogP contribution in [0, 0.1) is 19.8 Å². The molecule has 1 saturated heterocycles. The molecular weight excluding hydrogens is 240 g/mol. The number of hydrogen-bond acceptors (Lipinski definition) is 3. The summed E-state index contributed by atoms with van der Waals surface area (Å²) in [4.78, 5) is 13.5. The molecule has 4 nitrogen and oxygen atoms in total. The first-order chi connectivity index (χ1) is 9.00. The largest absolute Gasteiger partial charge is 0.481 e. The van der Waals surface area contributed by atoms with E-state index in [9.17, 15) is 9.90 Å². The summed E-state index contributed by atoms with van der Waals surface area (Å²) in [6.07, 6.45) is 0. The predicted octanol–water partition coefficient (Wildman–Crippen LogP) is 1.80. The van der Waals surface area contributed by atoms with Gasteiger partial charge in [0.1, 0.15) is 0 Å². The van der Waals surface area contributed by atoms with Gasteiger partial charge >= 0.3 is 5.97 Å². The van der Waals surface area contributed by atoms with Gasteiger partial charge in [0, 0.05) is 31.4 Å². The molecule has 0 saturated carbocycles. The molecule has 1 aromatic carbocycles. The van der Waals surface area contributed by atoms with Crippen LogP contribution in [0.4, 0.5) is 5.69 Å². The molecule has 2 rings (SSSR count). The number of nitrogens with zero attached hydrogens (tertiary/aromatic N) is 1. The second kappa shape index (κ2) is 5.61. The minimum absolute atomic E-state index is 0.296. The lowest BCUT2D eigenvalue weighted by Gasteiger charge is -2.33. The van der Waals surface area contributed by atoms with E-state index in [0.717, 1.165) is 6.54 Å². The number of carboxylic acid groups (broad SMARTS) is 1. The van der Waals surface area contributed by atoms with Crippen molar-refractivity contribution in [2.45, 2.75) is 26.8 Å². The molecule has 19 heavy (non-hydrogen) atoms. The molecule has 1 heterocycles. The van der Waals surface area contributed by atoms with Crippen LogP contribution < -0.4 is 10.2 Å². The van der Waals surface area contributed by atoms with E-state index in [1.165, 1.54) is 16.8 Å². The second-order valence-electron chi connectivity index (χ2n) is 5.44. The maximum atomic E-state index is 11.3. The van der Waals surface area contributed by atoms with Crippen LogP contribution in [-0.4, -0.2) is 36.8 Å². The molecular formula is C15H22N2O2. The number of hydrogen-bond donors (Lipinski definition) is 2. The number of anilines is 1. The van der Waals surface area contributed by atoms with Gasteiger partial charge in [0.2, 0.25) is 0 Å². The Labute approximate surface area is 114 Å². The highest BCUT2D eigenvalue weighted by Crippen LogP contribution is 2.28. The van der Waals surface area contributed by atoms with Crippen LogP contribution in [0.3, 0.4) is 0 Å². The zero-order valence-electron chi connectivity index (χ0n) is 11.8. The fraction of sp³-hybridized carbons (Fsp3) is 0.533. The number of benzene rings is 1. The summed E-state index contributed by atoms with van der Waals surface area (Å²) in [7, 11) is 0. The first-order valence-corrected chi connectivity index (χ1v) is 6.77. The number of rotatable bonds is 2. The third kappa shape index (κ3) is 2.89. The summed E-state index contributed by atoms with van der Waals surface area (Å²) in [6, 6.07) is 6.51. The van der Waals surface area contributed by atoms with Gasteiger partial charge in [0.25, 0.3) is 0 Å². The van der Waals surface area contributed by atoms with Crippen LogP contribution in [0.2, 0.25) is 0 Å². The van der Waals surface area contributed by atoms with Crippen LogP contribution in [0.25, 0.3) is 0 Å². The molecule has 0 spiro atoms. The number of nitrogens with one attached hydrogen (secondary N) is 1. The summed E-state index contributed by atoms with van der Waals surface area (Å²) in [5.41, 5.74) is 3.60. The molecule has 4 heteroatoms. The van der Waals surface area contributed by atoms with E-state index >= 15 is 0 Å². The molecule has 1 fully saturated rings. The third-order valence-electron chi connectivity index (χ3n) is 3.86. The quantitative estimate of drug-likeness (QED) is 0.853. The van der Waals surface area contributed by atoms with Crippen LogP contribution in [0.5, 0.6) is 0 Å². The van der Waals surface area contributed by atoms with Gasteiger partial charge in [-0.15, -0.1) is 0 Å². The SMILES string of the molecule is Cc1cccc(C)c1N1CC(C(=O)O)CNCC1C. The number of para-hydroxylation sites is 1. The maximum absolute atomic E-state index is 11.3. The average molecular weight is 262 g/mol. The van der Waals surface area contributed by atoms with E-state index in [1.54, 1.807) is 0 Å². The molecule has 1 aliphatic heterocycles. The van der Waals surface area contributed by atoms with Gasteiger partial charge in [-0.1, -0.05) is 18.2 Å². The Morgan fingerprint density at radius 1 is 1.32 bits per heavy atom. The lowest BCUT2D eigenvalue weighted by Crippen LogP contribution is -2.40. The van der Waals surface area contributed by atoms with Crippen molar-refractivity contribution in [2.75, 3.05) is 24.5 Å². The highest BCUT2D eigenvalue weighted by molar-refractivity contribution is 5.72. The molecule has 0 amide bonds. The van der Waals surface area contributed by atoms with Crippen molar-refractivity contribution < 1.29 is 9.90 Å². The van der Waals surface area contributed by atoms with E-state index < -0.39 is 5.97 Å².